The molecule has 2 amide bonds. The van der Waals surface area contributed by atoms with Crippen LogP contribution in [-0.4, -0.2) is 39.1 Å². The van der Waals surface area contributed by atoms with Gasteiger partial charge in [0.25, 0.3) is 5.91 Å². The van der Waals surface area contributed by atoms with Gasteiger partial charge < -0.3 is 20.9 Å². The number of methoxy groups -OCH3 is 1. The second kappa shape index (κ2) is 7.85. The molecule has 10 heteroatoms. The molecule has 1 heterocycles. The minimum absolute atomic E-state index is 0.0113. The number of carbonyl (C=O) groups excluding carboxylic acids is 2. The van der Waals surface area contributed by atoms with Crippen LogP contribution in [-0.2, 0) is 14.6 Å². The van der Waals surface area contributed by atoms with Gasteiger partial charge in [-0.25, -0.2) is 8.42 Å². The lowest BCUT2D eigenvalue weighted by molar-refractivity contribution is -0.120. The molecular weight excluding hydrogens is 380 g/mol. The lowest BCUT2D eigenvalue weighted by atomic mass is 10.2. The molecule has 1 aromatic heterocycles. The maximum Gasteiger partial charge on any atom is 0.251 e. The Hall–Kier alpha value is -2.43. The van der Waals surface area contributed by atoms with Gasteiger partial charge in [0, 0.05) is 0 Å². The number of amides is 2. The second-order valence-electron chi connectivity index (χ2n) is 5.42. The molecule has 0 bridgehead atoms. The van der Waals surface area contributed by atoms with Crippen molar-refractivity contribution in [3.05, 3.63) is 35.9 Å². The first-order chi connectivity index (χ1) is 12.2. The van der Waals surface area contributed by atoms with Crippen LogP contribution in [0.5, 0.6) is 5.75 Å². The Morgan fingerprint density at radius 3 is 2.42 bits per heavy atom. The number of nitrogens with two attached hydrogens (primary N) is 1. The van der Waals surface area contributed by atoms with Crippen LogP contribution >= 0.6 is 11.3 Å². The molecule has 0 aliphatic heterocycles. The van der Waals surface area contributed by atoms with Crippen LogP contribution in [0.1, 0.15) is 17.3 Å². The third kappa shape index (κ3) is 4.03. The molecule has 8 nitrogen and oxygen atoms in total. The van der Waals surface area contributed by atoms with E-state index in [4.69, 9.17) is 15.6 Å². The van der Waals surface area contributed by atoms with E-state index in [-0.39, 0.29) is 26.3 Å². The topological polar surface area (TPSA) is 136 Å². The number of nitrogens with one attached hydrogen (secondary N) is 1. The molecule has 140 valence electrons. The summed E-state index contributed by atoms with van der Waals surface area (Å²) in [5.41, 5.74) is 5.18. The van der Waals surface area contributed by atoms with E-state index in [1.54, 1.807) is 0 Å². The first kappa shape index (κ1) is 19.9. The van der Waals surface area contributed by atoms with Gasteiger partial charge in [-0.1, -0.05) is 6.92 Å². The monoisotopic (exact) mass is 398 g/mol. The third-order valence-electron chi connectivity index (χ3n) is 3.57. The predicted molar refractivity (Wildman–Crippen MR) is 96.2 cm³/mol. The van der Waals surface area contributed by atoms with Crippen molar-refractivity contribution in [2.24, 2.45) is 11.7 Å². The average Bonchev–Trinajstić information content (AvgIpc) is 3.05. The van der Waals surface area contributed by atoms with E-state index in [0.29, 0.717) is 5.75 Å². The van der Waals surface area contributed by atoms with Crippen LogP contribution in [0.4, 0.5) is 5.00 Å². The van der Waals surface area contributed by atoms with Crippen LogP contribution in [0.3, 0.4) is 0 Å². The molecule has 0 spiro atoms. The quantitative estimate of drug-likeness (QED) is 0.642. The fourth-order valence-corrected chi connectivity index (χ4v) is 4.74. The number of anilines is 1. The second-order valence-corrected chi connectivity index (χ2v) is 8.65. The normalized spacial score (nSPS) is 12.4. The van der Waals surface area contributed by atoms with Crippen LogP contribution in [0, 0.1) is 5.92 Å². The molecule has 0 fully saturated rings. The van der Waals surface area contributed by atoms with Gasteiger partial charge in [0.15, 0.2) is 0 Å². The summed E-state index contributed by atoms with van der Waals surface area (Å²) >= 11 is 0.722. The van der Waals surface area contributed by atoms with Crippen molar-refractivity contribution in [2.45, 2.75) is 16.0 Å². The molecule has 2 aromatic rings. The van der Waals surface area contributed by atoms with Crippen LogP contribution in [0.15, 0.2) is 39.4 Å². The summed E-state index contributed by atoms with van der Waals surface area (Å²) in [5.74, 6) is -1.65. The molecule has 0 radical (unpaired) electrons. The lowest BCUT2D eigenvalue weighted by Crippen LogP contribution is -2.24. The maximum absolute atomic E-state index is 12.8. The fourth-order valence-electron chi connectivity index (χ4n) is 1.97. The average molecular weight is 398 g/mol. The number of aliphatic hydroxyl groups excluding tert-OH is 1. The van der Waals surface area contributed by atoms with Crippen LogP contribution in [0.25, 0.3) is 0 Å². The number of hydrogen-bond donors (Lipinski definition) is 3. The summed E-state index contributed by atoms with van der Waals surface area (Å²) in [7, 11) is -2.44. The number of thiophene rings is 1. The van der Waals surface area contributed by atoms with Crippen molar-refractivity contribution in [2.75, 3.05) is 19.0 Å². The van der Waals surface area contributed by atoms with Gasteiger partial charge in [0.1, 0.15) is 15.0 Å². The Morgan fingerprint density at radius 1 is 1.31 bits per heavy atom. The zero-order chi connectivity index (χ0) is 19.5. The third-order valence-corrected chi connectivity index (χ3v) is 6.86. The molecule has 1 atom stereocenters. The number of aliphatic hydroxyl groups is 1. The highest BCUT2D eigenvalue weighted by Crippen LogP contribution is 2.35. The smallest absolute Gasteiger partial charge is 0.251 e. The van der Waals surface area contributed by atoms with E-state index < -0.39 is 27.6 Å². The van der Waals surface area contributed by atoms with Gasteiger partial charge in [-0.05, 0) is 30.3 Å². The molecule has 1 unspecified atom stereocenters. The Labute approximate surface area is 154 Å². The van der Waals surface area contributed by atoms with Gasteiger partial charge in [0.05, 0.1) is 30.1 Å². The summed E-state index contributed by atoms with van der Waals surface area (Å²) in [6.45, 7) is 1.10. The van der Waals surface area contributed by atoms with E-state index in [1.165, 1.54) is 38.3 Å². The summed E-state index contributed by atoms with van der Waals surface area (Å²) in [6, 6.07) is 6.89. The molecule has 2 rings (SSSR count). The summed E-state index contributed by atoms with van der Waals surface area (Å²) < 4.78 is 30.4. The molecule has 0 saturated heterocycles. The lowest BCUT2D eigenvalue weighted by Gasteiger charge is -2.08. The van der Waals surface area contributed by atoms with Crippen molar-refractivity contribution in [3.63, 3.8) is 0 Å². The predicted octanol–water partition coefficient (Wildman–Crippen LogP) is 1.26. The van der Waals surface area contributed by atoms with Gasteiger partial charge in [-0.2, -0.15) is 0 Å². The van der Waals surface area contributed by atoms with Crippen LogP contribution in [0.2, 0.25) is 0 Å². The highest BCUT2D eigenvalue weighted by molar-refractivity contribution is 7.93. The minimum atomic E-state index is -3.91. The number of carbonyl (C=O) groups is 2. The minimum Gasteiger partial charge on any atom is -0.497 e. The highest BCUT2D eigenvalue weighted by atomic mass is 32.2. The van der Waals surface area contributed by atoms with Crippen molar-refractivity contribution in [1.82, 2.24) is 0 Å². The summed E-state index contributed by atoms with van der Waals surface area (Å²) in [5, 5.41) is 11.5. The first-order valence-corrected chi connectivity index (χ1v) is 9.75. The standard InChI is InChI=1S/C16H18N2O6S2/c1-9(8-19)15(21)18-16-12(14(17)20)7-13(25-16)26(22,23)11-5-3-10(24-2)4-6-11/h3-7,9,19H,8H2,1-2H3,(H2,17,20)(H,18,21). The zero-order valence-corrected chi connectivity index (χ0v) is 15.7. The van der Waals surface area contributed by atoms with E-state index in [2.05, 4.69) is 5.32 Å². The van der Waals surface area contributed by atoms with E-state index in [9.17, 15) is 18.0 Å². The molecule has 26 heavy (non-hydrogen) atoms. The summed E-state index contributed by atoms with van der Waals surface area (Å²) in [4.78, 5) is 23.6. The molecule has 1 aromatic carbocycles. The van der Waals surface area contributed by atoms with Crippen molar-refractivity contribution in [3.8, 4) is 5.75 Å². The Kier molecular flexibility index (Phi) is 6.01. The zero-order valence-electron chi connectivity index (χ0n) is 14.1. The van der Waals surface area contributed by atoms with Crippen molar-refractivity contribution in [1.29, 1.82) is 0 Å². The van der Waals surface area contributed by atoms with E-state index >= 15 is 0 Å². The van der Waals surface area contributed by atoms with Gasteiger partial charge in [0.2, 0.25) is 15.7 Å². The van der Waals surface area contributed by atoms with E-state index in [0.717, 1.165) is 17.4 Å². The Balaban J connectivity index is 2.44. The molecule has 0 aliphatic rings. The number of ether oxygens (including phenoxy) is 1. The SMILES string of the molecule is COc1ccc(S(=O)(=O)c2cc(C(N)=O)c(NC(=O)C(C)CO)s2)cc1. The van der Waals surface area contributed by atoms with Gasteiger partial charge >= 0.3 is 0 Å². The van der Waals surface area contributed by atoms with Crippen molar-refractivity contribution >= 4 is 38.0 Å². The van der Waals surface area contributed by atoms with Crippen LogP contribution < -0.4 is 15.8 Å². The number of benzene rings is 1. The number of sulfone groups is 1. The highest BCUT2D eigenvalue weighted by Gasteiger charge is 2.26. The largest absolute Gasteiger partial charge is 0.497 e. The Bertz CT molecular complexity index is 919. The Morgan fingerprint density at radius 2 is 1.92 bits per heavy atom. The maximum atomic E-state index is 12.8. The molecular formula is C16H18N2O6S2. The number of hydrogen-bond acceptors (Lipinski definition) is 7. The molecule has 0 aliphatic carbocycles. The summed E-state index contributed by atoms with van der Waals surface area (Å²) in [6.07, 6.45) is 0. The molecule has 4 N–H and O–H groups in total. The number of primary amides is 1. The fraction of sp³-hybridized carbons (Fsp3) is 0.250. The molecule has 0 saturated carbocycles. The first-order valence-electron chi connectivity index (χ1n) is 7.45. The van der Waals surface area contributed by atoms with E-state index in [1.807, 2.05) is 0 Å². The van der Waals surface area contributed by atoms with Gasteiger partial charge in [-0.3, -0.25) is 9.59 Å². The number of rotatable bonds is 7. The van der Waals surface area contributed by atoms with Crippen molar-refractivity contribution < 1.29 is 27.9 Å². The van der Waals surface area contributed by atoms with Gasteiger partial charge in [-0.15, -0.1) is 11.3 Å².